The van der Waals surface area contributed by atoms with Gasteiger partial charge in [0.1, 0.15) is 11.3 Å². The zero-order valence-corrected chi connectivity index (χ0v) is 13.8. The number of nitrogens with zero attached hydrogens (tertiary/aromatic N) is 2. The molecule has 1 fully saturated rings. The summed E-state index contributed by atoms with van der Waals surface area (Å²) in [7, 11) is 0. The molecule has 0 unspecified atom stereocenters. The first-order valence-corrected chi connectivity index (χ1v) is 8.75. The molecule has 6 heteroatoms. The molecule has 5 nitrogen and oxygen atoms in total. The number of aromatic nitrogens is 1. The lowest BCUT2D eigenvalue weighted by atomic mass is 10.3. The normalized spacial score (nSPS) is 16.0. The number of fused-ring (bicyclic) bond motifs is 1. The van der Waals surface area contributed by atoms with Crippen molar-refractivity contribution >= 4 is 26.7 Å². The lowest BCUT2D eigenvalue weighted by Crippen LogP contribution is -2.37. The van der Waals surface area contributed by atoms with E-state index in [1.807, 2.05) is 19.1 Å². The van der Waals surface area contributed by atoms with Gasteiger partial charge in [0.05, 0.1) is 24.5 Å². The molecule has 0 saturated carbocycles. The number of ether oxygens (including phenoxy) is 2. The Bertz CT molecular complexity index is 596. The fourth-order valence-corrected chi connectivity index (χ4v) is 3.50. The van der Waals surface area contributed by atoms with Crippen molar-refractivity contribution in [2.45, 2.75) is 13.3 Å². The van der Waals surface area contributed by atoms with E-state index >= 15 is 0 Å². The van der Waals surface area contributed by atoms with Crippen LogP contribution in [0.25, 0.3) is 10.2 Å². The summed E-state index contributed by atoms with van der Waals surface area (Å²) in [6.45, 7) is 8.57. The van der Waals surface area contributed by atoms with Crippen LogP contribution in [0.5, 0.6) is 5.75 Å². The SMILES string of the molecule is CCOc1cccc2sc(NCCCN3CCOCC3)nc12. The summed E-state index contributed by atoms with van der Waals surface area (Å²) >= 11 is 1.69. The lowest BCUT2D eigenvalue weighted by molar-refractivity contribution is 0.0378. The molecule has 1 aliphatic rings. The fourth-order valence-electron chi connectivity index (χ4n) is 2.59. The Labute approximate surface area is 135 Å². The van der Waals surface area contributed by atoms with E-state index in [2.05, 4.69) is 21.3 Å². The predicted octanol–water partition coefficient (Wildman–Crippen LogP) is 2.83. The van der Waals surface area contributed by atoms with E-state index in [4.69, 9.17) is 9.47 Å². The monoisotopic (exact) mass is 321 g/mol. The molecule has 2 heterocycles. The topological polar surface area (TPSA) is 46.6 Å². The van der Waals surface area contributed by atoms with E-state index in [1.165, 1.54) is 4.70 Å². The van der Waals surface area contributed by atoms with E-state index in [0.29, 0.717) is 6.61 Å². The number of hydrogen-bond acceptors (Lipinski definition) is 6. The largest absolute Gasteiger partial charge is 0.492 e. The van der Waals surface area contributed by atoms with Crippen LogP contribution < -0.4 is 10.1 Å². The van der Waals surface area contributed by atoms with E-state index in [9.17, 15) is 0 Å². The van der Waals surface area contributed by atoms with Crippen molar-refractivity contribution < 1.29 is 9.47 Å². The second-order valence-corrected chi connectivity index (χ2v) is 6.32. The molecule has 1 aromatic heterocycles. The summed E-state index contributed by atoms with van der Waals surface area (Å²) in [5.41, 5.74) is 0.963. The Morgan fingerprint density at radius 2 is 2.23 bits per heavy atom. The van der Waals surface area contributed by atoms with Crippen LogP contribution in [0.3, 0.4) is 0 Å². The summed E-state index contributed by atoms with van der Waals surface area (Å²) in [6.07, 6.45) is 1.12. The molecule has 22 heavy (non-hydrogen) atoms. The number of thiazole rings is 1. The average molecular weight is 321 g/mol. The Balaban J connectivity index is 1.52. The molecule has 0 bridgehead atoms. The first-order chi connectivity index (χ1) is 10.9. The van der Waals surface area contributed by atoms with Crippen LogP contribution >= 0.6 is 11.3 Å². The number of morpholine rings is 1. The molecule has 1 aromatic carbocycles. The van der Waals surface area contributed by atoms with Gasteiger partial charge in [-0.05, 0) is 32.0 Å². The minimum atomic E-state index is 0.666. The molecular formula is C16H23N3O2S. The number of para-hydroxylation sites is 1. The molecule has 2 aromatic rings. The molecule has 120 valence electrons. The van der Waals surface area contributed by atoms with Gasteiger partial charge in [0.2, 0.25) is 0 Å². The Kier molecular flexibility index (Phi) is 5.48. The highest BCUT2D eigenvalue weighted by molar-refractivity contribution is 7.22. The van der Waals surface area contributed by atoms with Gasteiger partial charge in [-0.3, -0.25) is 4.90 Å². The van der Waals surface area contributed by atoms with Gasteiger partial charge in [0.25, 0.3) is 0 Å². The molecule has 1 saturated heterocycles. The van der Waals surface area contributed by atoms with Crippen LogP contribution in [0.15, 0.2) is 18.2 Å². The molecule has 0 radical (unpaired) electrons. The third-order valence-corrected chi connectivity index (χ3v) is 4.69. The minimum absolute atomic E-state index is 0.666. The molecule has 0 atom stereocenters. The molecular weight excluding hydrogens is 298 g/mol. The molecule has 0 spiro atoms. The van der Waals surface area contributed by atoms with Crippen LogP contribution in [0.1, 0.15) is 13.3 Å². The molecule has 1 aliphatic heterocycles. The zero-order chi connectivity index (χ0) is 15.2. The van der Waals surface area contributed by atoms with Crippen molar-refractivity contribution in [1.82, 2.24) is 9.88 Å². The van der Waals surface area contributed by atoms with Crippen molar-refractivity contribution in [3.8, 4) is 5.75 Å². The van der Waals surface area contributed by atoms with Gasteiger partial charge in [-0.25, -0.2) is 4.98 Å². The van der Waals surface area contributed by atoms with Crippen molar-refractivity contribution in [1.29, 1.82) is 0 Å². The lowest BCUT2D eigenvalue weighted by Gasteiger charge is -2.26. The van der Waals surface area contributed by atoms with Gasteiger partial charge in [0, 0.05) is 19.6 Å². The third-order valence-electron chi connectivity index (χ3n) is 3.71. The van der Waals surface area contributed by atoms with Gasteiger partial charge < -0.3 is 14.8 Å². The van der Waals surface area contributed by atoms with Gasteiger partial charge in [-0.2, -0.15) is 0 Å². The summed E-state index contributed by atoms with van der Waals surface area (Å²) < 4.78 is 12.2. The van der Waals surface area contributed by atoms with E-state index in [-0.39, 0.29) is 0 Å². The number of rotatable bonds is 7. The van der Waals surface area contributed by atoms with Crippen molar-refractivity contribution in [3.05, 3.63) is 18.2 Å². The van der Waals surface area contributed by atoms with Gasteiger partial charge in [-0.1, -0.05) is 17.4 Å². The molecule has 1 N–H and O–H groups in total. The first-order valence-electron chi connectivity index (χ1n) is 7.93. The van der Waals surface area contributed by atoms with Crippen LogP contribution in [-0.4, -0.2) is 55.9 Å². The number of hydrogen-bond donors (Lipinski definition) is 1. The number of benzene rings is 1. The van der Waals surface area contributed by atoms with Crippen molar-refractivity contribution in [2.24, 2.45) is 0 Å². The highest BCUT2D eigenvalue weighted by Gasteiger charge is 2.10. The number of anilines is 1. The van der Waals surface area contributed by atoms with E-state index < -0.39 is 0 Å². The predicted molar refractivity (Wildman–Crippen MR) is 91.2 cm³/mol. The van der Waals surface area contributed by atoms with Crippen molar-refractivity contribution in [2.75, 3.05) is 51.3 Å². The third kappa shape index (κ3) is 3.88. The Hall–Kier alpha value is -1.37. The quantitative estimate of drug-likeness (QED) is 0.795. The minimum Gasteiger partial charge on any atom is -0.492 e. The maximum atomic E-state index is 5.64. The zero-order valence-electron chi connectivity index (χ0n) is 13.0. The maximum Gasteiger partial charge on any atom is 0.183 e. The summed E-state index contributed by atoms with van der Waals surface area (Å²) in [4.78, 5) is 7.12. The average Bonchev–Trinajstić information content (AvgIpc) is 2.97. The standard InChI is InChI=1S/C16H23N3O2S/c1-2-21-13-5-3-6-14-15(13)18-16(22-14)17-7-4-8-19-9-11-20-12-10-19/h3,5-6H,2,4,7-12H2,1H3,(H,17,18). The highest BCUT2D eigenvalue weighted by atomic mass is 32.1. The van der Waals surface area contributed by atoms with Crippen LogP contribution in [0.2, 0.25) is 0 Å². The first kappa shape index (κ1) is 15.5. The summed E-state index contributed by atoms with van der Waals surface area (Å²) in [5.74, 6) is 0.873. The van der Waals surface area contributed by atoms with Crippen LogP contribution in [-0.2, 0) is 4.74 Å². The van der Waals surface area contributed by atoms with Crippen molar-refractivity contribution in [3.63, 3.8) is 0 Å². The van der Waals surface area contributed by atoms with Gasteiger partial charge >= 0.3 is 0 Å². The summed E-state index contributed by atoms with van der Waals surface area (Å²) in [5, 5.41) is 4.41. The van der Waals surface area contributed by atoms with E-state index in [1.54, 1.807) is 11.3 Å². The second kappa shape index (κ2) is 7.76. The van der Waals surface area contributed by atoms with Crippen LogP contribution in [0, 0.1) is 0 Å². The maximum absolute atomic E-state index is 5.64. The summed E-state index contributed by atoms with van der Waals surface area (Å²) in [6, 6.07) is 6.09. The Morgan fingerprint density at radius 3 is 3.05 bits per heavy atom. The Morgan fingerprint density at radius 1 is 1.36 bits per heavy atom. The number of nitrogens with one attached hydrogen (secondary N) is 1. The van der Waals surface area contributed by atoms with E-state index in [0.717, 1.165) is 62.2 Å². The second-order valence-electron chi connectivity index (χ2n) is 5.29. The smallest absolute Gasteiger partial charge is 0.183 e. The van der Waals surface area contributed by atoms with Gasteiger partial charge in [0.15, 0.2) is 5.13 Å². The molecule has 3 rings (SSSR count). The molecule has 0 amide bonds. The highest BCUT2D eigenvalue weighted by Crippen LogP contribution is 2.32. The molecule has 0 aliphatic carbocycles. The fraction of sp³-hybridized carbons (Fsp3) is 0.562. The van der Waals surface area contributed by atoms with Gasteiger partial charge in [-0.15, -0.1) is 0 Å². The van der Waals surface area contributed by atoms with Crippen LogP contribution in [0.4, 0.5) is 5.13 Å².